The van der Waals surface area contributed by atoms with Gasteiger partial charge in [0.2, 0.25) is 0 Å². The quantitative estimate of drug-likeness (QED) is 0.793. The van der Waals surface area contributed by atoms with Crippen molar-refractivity contribution >= 4 is 0 Å². The lowest BCUT2D eigenvalue weighted by atomic mass is 10.0. The number of nitrogens with zero attached hydrogens (tertiary/aromatic N) is 2. The normalized spacial score (nSPS) is 10.6. The smallest absolute Gasteiger partial charge is 0.101 e. The highest BCUT2D eigenvalue weighted by atomic mass is 16.3. The Morgan fingerprint density at radius 3 is 2.64 bits per heavy atom. The highest BCUT2D eigenvalue weighted by molar-refractivity contribution is 5.41. The molecule has 1 heterocycles. The van der Waals surface area contributed by atoms with Gasteiger partial charge in [0.15, 0.2) is 0 Å². The number of aromatic nitrogens is 1. The van der Waals surface area contributed by atoms with Gasteiger partial charge in [0.1, 0.15) is 6.07 Å². The number of nitriles is 1. The first-order valence-electron chi connectivity index (χ1n) is 4.82. The van der Waals surface area contributed by atoms with Crippen LogP contribution in [0.3, 0.4) is 0 Å². The number of hydrogen-bond donors (Lipinski definition) is 1. The molecule has 0 bridgehead atoms. The Balaban J connectivity index is 3.22. The minimum absolute atomic E-state index is 0.110. The topological polar surface area (TPSA) is 49.0 Å². The van der Waals surface area contributed by atoms with Crippen molar-refractivity contribution < 1.29 is 5.11 Å². The fourth-order valence-corrected chi connectivity index (χ4v) is 1.85. The van der Waals surface area contributed by atoms with E-state index in [0.29, 0.717) is 18.0 Å². The average Bonchev–Trinajstić information content (AvgIpc) is 2.43. The molecule has 3 nitrogen and oxygen atoms in total. The van der Waals surface area contributed by atoms with Crippen LogP contribution in [0, 0.1) is 18.3 Å². The monoisotopic (exact) mass is 192 g/mol. The summed E-state index contributed by atoms with van der Waals surface area (Å²) in [6.45, 7) is 6.82. The molecule has 0 aliphatic rings. The zero-order valence-electron chi connectivity index (χ0n) is 8.91. The molecule has 0 saturated heterocycles. The minimum atomic E-state index is 0.110. The van der Waals surface area contributed by atoms with Gasteiger partial charge in [-0.05, 0) is 18.4 Å². The second-order valence-electron chi connectivity index (χ2n) is 3.74. The maximum Gasteiger partial charge on any atom is 0.101 e. The molecule has 0 saturated carbocycles. The predicted molar refractivity (Wildman–Crippen MR) is 55.1 cm³/mol. The van der Waals surface area contributed by atoms with E-state index in [9.17, 15) is 0 Å². The summed E-state index contributed by atoms with van der Waals surface area (Å²) in [6.07, 6.45) is 1.82. The molecule has 14 heavy (non-hydrogen) atoms. The van der Waals surface area contributed by atoms with Gasteiger partial charge < -0.3 is 9.67 Å². The Bertz CT molecular complexity index is 358. The van der Waals surface area contributed by atoms with Crippen LogP contribution in [0.15, 0.2) is 6.20 Å². The third-order valence-corrected chi connectivity index (χ3v) is 2.39. The van der Waals surface area contributed by atoms with Gasteiger partial charge in [0, 0.05) is 18.4 Å². The molecule has 0 spiro atoms. The molecule has 0 aromatic carbocycles. The van der Waals surface area contributed by atoms with Crippen LogP contribution in [-0.4, -0.2) is 16.3 Å². The van der Waals surface area contributed by atoms with Gasteiger partial charge in [-0.25, -0.2) is 0 Å². The van der Waals surface area contributed by atoms with Crippen molar-refractivity contribution in [2.45, 2.75) is 33.2 Å². The zero-order valence-corrected chi connectivity index (χ0v) is 8.91. The fourth-order valence-electron chi connectivity index (χ4n) is 1.85. The van der Waals surface area contributed by atoms with Gasteiger partial charge in [-0.3, -0.25) is 0 Å². The zero-order chi connectivity index (χ0) is 10.7. The van der Waals surface area contributed by atoms with E-state index in [2.05, 4.69) is 19.9 Å². The molecule has 1 aromatic heterocycles. The molecule has 0 unspecified atom stereocenters. The first-order valence-corrected chi connectivity index (χ1v) is 4.82. The summed E-state index contributed by atoms with van der Waals surface area (Å²) in [6, 6.07) is 2.17. The van der Waals surface area contributed by atoms with Crippen molar-refractivity contribution in [1.82, 2.24) is 4.57 Å². The van der Waals surface area contributed by atoms with E-state index in [4.69, 9.17) is 10.4 Å². The predicted octanol–water partition coefficient (Wildman–Crippen LogP) is 1.78. The van der Waals surface area contributed by atoms with Crippen LogP contribution in [0.25, 0.3) is 0 Å². The number of aliphatic hydroxyl groups is 1. The second-order valence-corrected chi connectivity index (χ2v) is 3.74. The minimum Gasteiger partial charge on any atom is -0.395 e. The molecule has 0 amide bonds. The van der Waals surface area contributed by atoms with E-state index in [0.717, 1.165) is 11.3 Å². The summed E-state index contributed by atoms with van der Waals surface area (Å²) in [5.74, 6) is 0.378. The molecule has 1 aromatic rings. The van der Waals surface area contributed by atoms with Crippen LogP contribution in [0.2, 0.25) is 0 Å². The molecule has 0 aliphatic heterocycles. The average molecular weight is 192 g/mol. The largest absolute Gasteiger partial charge is 0.395 e. The van der Waals surface area contributed by atoms with Crippen molar-refractivity contribution in [2.24, 2.45) is 0 Å². The number of hydrogen-bond acceptors (Lipinski definition) is 2. The molecular formula is C11H16N2O. The number of aliphatic hydroxyl groups excluding tert-OH is 1. The summed E-state index contributed by atoms with van der Waals surface area (Å²) in [4.78, 5) is 0. The number of rotatable bonds is 3. The first kappa shape index (κ1) is 10.8. The van der Waals surface area contributed by atoms with Crippen molar-refractivity contribution in [2.75, 3.05) is 6.61 Å². The van der Waals surface area contributed by atoms with Crippen LogP contribution in [0.4, 0.5) is 0 Å². The van der Waals surface area contributed by atoms with E-state index < -0.39 is 0 Å². The summed E-state index contributed by atoms with van der Waals surface area (Å²) < 4.78 is 1.97. The molecule has 1 N–H and O–H groups in total. The third kappa shape index (κ3) is 1.80. The molecule has 0 atom stereocenters. The van der Waals surface area contributed by atoms with E-state index >= 15 is 0 Å². The SMILES string of the molecule is Cc1c(C#N)cn(CCO)c1C(C)C. The lowest BCUT2D eigenvalue weighted by molar-refractivity contribution is 0.274. The molecule has 1 rings (SSSR count). The van der Waals surface area contributed by atoms with Crippen LogP contribution < -0.4 is 0 Å². The van der Waals surface area contributed by atoms with E-state index in [1.807, 2.05) is 17.7 Å². The lowest BCUT2D eigenvalue weighted by Crippen LogP contribution is -2.07. The summed E-state index contributed by atoms with van der Waals surface area (Å²) >= 11 is 0. The lowest BCUT2D eigenvalue weighted by Gasteiger charge is -2.11. The Morgan fingerprint density at radius 1 is 1.57 bits per heavy atom. The second kappa shape index (κ2) is 4.30. The van der Waals surface area contributed by atoms with E-state index in [1.54, 1.807) is 0 Å². The Hall–Kier alpha value is -1.27. The standard InChI is InChI=1S/C11H16N2O/c1-8(2)11-9(3)10(6-12)7-13(11)4-5-14/h7-8,14H,4-5H2,1-3H3. The Labute approximate surface area is 84.6 Å². The van der Waals surface area contributed by atoms with E-state index in [1.165, 1.54) is 0 Å². The van der Waals surface area contributed by atoms with Crippen LogP contribution in [-0.2, 0) is 6.54 Å². The molecule has 0 aliphatic carbocycles. The highest BCUT2D eigenvalue weighted by Crippen LogP contribution is 2.23. The Morgan fingerprint density at radius 2 is 2.21 bits per heavy atom. The van der Waals surface area contributed by atoms with Crippen molar-refractivity contribution in [3.8, 4) is 6.07 Å². The summed E-state index contributed by atoms with van der Waals surface area (Å²) in [7, 11) is 0. The highest BCUT2D eigenvalue weighted by Gasteiger charge is 2.14. The van der Waals surface area contributed by atoms with Crippen LogP contribution >= 0.6 is 0 Å². The fraction of sp³-hybridized carbons (Fsp3) is 0.545. The van der Waals surface area contributed by atoms with Crippen LogP contribution in [0.1, 0.15) is 36.6 Å². The first-order chi connectivity index (χ1) is 6.61. The molecule has 3 heteroatoms. The van der Waals surface area contributed by atoms with Crippen LogP contribution in [0.5, 0.6) is 0 Å². The van der Waals surface area contributed by atoms with Gasteiger partial charge in [0.05, 0.1) is 12.2 Å². The third-order valence-electron chi connectivity index (χ3n) is 2.39. The molecule has 0 radical (unpaired) electrons. The molecular weight excluding hydrogens is 176 g/mol. The Kier molecular flexibility index (Phi) is 3.32. The maximum atomic E-state index is 8.90. The summed E-state index contributed by atoms with van der Waals surface area (Å²) in [5.41, 5.74) is 2.90. The van der Waals surface area contributed by atoms with Crippen molar-refractivity contribution in [3.05, 3.63) is 23.0 Å². The van der Waals surface area contributed by atoms with Gasteiger partial charge in [-0.1, -0.05) is 13.8 Å². The maximum absolute atomic E-state index is 8.90. The van der Waals surface area contributed by atoms with Crippen molar-refractivity contribution in [1.29, 1.82) is 5.26 Å². The summed E-state index contributed by atoms with van der Waals surface area (Å²) in [5, 5.41) is 17.8. The molecule has 76 valence electrons. The van der Waals surface area contributed by atoms with Gasteiger partial charge >= 0.3 is 0 Å². The van der Waals surface area contributed by atoms with Crippen molar-refractivity contribution in [3.63, 3.8) is 0 Å². The van der Waals surface area contributed by atoms with E-state index in [-0.39, 0.29) is 6.61 Å². The van der Waals surface area contributed by atoms with Gasteiger partial charge in [0.25, 0.3) is 0 Å². The van der Waals surface area contributed by atoms with Gasteiger partial charge in [-0.15, -0.1) is 0 Å². The molecule has 0 fully saturated rings. The van der Waals surface area contributed by atoms with Gasteiger partial charge in [-0.2, -0.15) is 5.26 Å².